The maximum atomic E-state index is 6.37. The Balaban J connectivity index is 0.000000140. The average molecular weight is 1590 g/mol. The number of fused-ring (bicyclic) bond motifs is 16. The Hall–Kier alpha value is -15.3. The van der Waals surface area contributed by atoms with Crippen molar-refractivity contribution in [2.45, 2.75) is 0 Å². The third kappa shape index (κ3) is 12.6. The first-order chi connectivity index (χ1) is 59.4. The van der Waals surface area contributed by atoms with Gasteiger partial charge in [0.05, 0.1) is 68.7 Å². The zero-order valence-corrected chi connectivity index (χ0v) is 66.4. The average Bonchev–Trinajstić information content (AvgIpc) is 1.25. The molecule has 0 bridgehead atoms. The molecule has 8 aromatic heterocycles. The Kier molecular flexibility index (Phi) is 17.2. The predicted octanol–water partition coefficient (Wildman–Crippen LogP) is 28.6. The molecule has 24 rings (SSSR count). The molecule has 0 aliphatic rings. The van der Waals surface area contributed by atoms with Crippen LogP contribution in [0.2, 0.25) is 0 Å². The van der Waals surface area contributed by atoms with Gasteiger partial charge >= 0.3 is 0 Å². The number of rotatable bonds is 12. The number of pyridine rings is 2. The highest BCUT2D eigenvalue weighted by molar-refractivity contribution is 7.26. The minimum Gasteiger partial charge on any atom is -0.455 e. The quantitative estimate of drug-likeness (QED) is 0.108. The molecule has 0 N–H and O–H groups in total. The van der Waals surface area contributed by atoms with Crippen LogP contribution in [0.25, 0.3) is 242 Å². The number of para-hydroxylation sites is 2. The van der Waals surface area contributed by atoms with Crippen LogP contribution in [0.4, 0.5) is 0 Å². The molecular formula is C106H62N10OS3. The lowest BCUT2D eigenvalue weighted by Gasteiger charge is -2.13. The molecule has 0 aliphatic heterocycles. The highest BCUT2D eigenvalue weighted by Gasteiger charge is 2.22. The minimum absolute atomic E-state index is 0.669. The summed E-state index contributed by atoms with van der Waals surface area (Å²) in [6.07, 6.45) is 0. The summed E-state index contributed by atoms with van der Waals surface area (Å²) in [7, 11) is 0. The van der Waals surface area contributed by atoms with Crippen molar-refractivity contribution in [3.05, 3.63) is 376 Å². The molecule has 11 nitrogen and oxygen atoms in total. The van der Waals surface area contributed by atoms with Gasteiger partial charge in [0.15, 0.2) is 11.6 Å². The Bertz CT molecular complexity index is 7680. The summed E-state index contributed by atoms with van der Waals surface area (Å²) in [5.41, 5.74) is 29.4. The molecule has 0 unspecified atom stereocenters. The number of thiophene rings is 1. The number of nitrogens with zero attached hydrogens (tertiary/aromatic N) is 10. The Morgan fingerprint density at radius 1 is 0.217 bits per heavy atom. The van der Waals surface area contributed by atoms with Gasteiger partial charge in [-0.2, -0.15) is 17.5 Å². The molecule has 120 heavy (non-hydrogen) atoms. The van der Waals surface area contributed by atoms with E-state index in [1.807, 2.05) is 84.1 Å². The maximum absolute atomic E-state index is 6.37. The van der Waals surface area contributed by atoms with Gasteiger partial charge in [-0.25, -0.2) is 29.9 Å². The van der Waals surface area contributed by atoms with Crippen LogP contribution >= 0.6 is 34.8 Å². The highest BCUT2D eigenvalue weighted by atomic mass is 32.1. The van der Waals surface area contributed by atoms with Crippen molar-refractivity contribution in [3.8, 4) is 135 Å². The first kappa shape index (κ1) is 70.1. The lowest BCUT2D eigenvalue weighted by molar-refractivity contribution is 0.670. The fraction of sp³-hybridized carbons (Fsp3) is 0. The Morgan fingerprint density at radius 2 is 0.600 bits per heavy atom. The monoisotopic (exact) mass is 1590 g/mol. The summed E-state index contributed by atoms with van der Waals surface area (Å²) < 4.78 is 27.6. The second-order valence-electron chi connectivity index (χ2n) is 29.9. The first-order valence-electron chi connectivity index (χ1n) is 39.6. The molecule has 0 radical (unpaired) electrons. The topological polar surface area (TPSA) is 142 Å². The van der Waals surface area contributed by atoms with Gasteiger partial charge in [0, 0.05) is 113 Å². The van der Waals surface area contributed by atoms with Gasteiger partial charge in [-0.1, -0.05) is 303 Å². The molecule has 14 heteroatoms. The van der Waals surface area contributed by atoms with Crippen LogP contribution in [0.5, 0.6) is 0 Å². The lowest BCUT2D eigenvalue weighted by atomic mass is 9.95. The Labute approximate surface area is 699 Å². The van der Waals surface area contributed by atoms with Crippen LogP contribution in [0, 0.1) is 0 Å². The standard InChI is InChI=1S/C53H31N5OS.C53H31N5S2/c2*1-3-11-34(12-4-1)50-43-27-28-44-51(58-60-57-44)49(43)42-26-25-37(30-47(42)54-50)36-15-9-16-38(29-36)46-31-45(55-53(56-46)35-13-5-2-6-14-35)33-23-21-32(22-24-33)39-18-10-19-41-40-17-7-8-20-48(40)59-52(39)41/h2*1-31H. The van der Waals surface area contributed by atoms with Crippen molar-refractivity contribution in [3.63, 3.8) is 0 Å². The molecule has 0 saturated carbocycles. The fourth-order valence-corrected chi connectivity index (χ4v) is 19.2. The van der Waals surface area contributed by atoms with E-state index in [9.17, 15) is 0 Å². The molecule has 0 fully saturated rings. The number of hydrogen-bond donors (Lipinski definition) is 0. The van der Waals surface area contributed by atoms with Gasteiger partial charge in [-0.3, -0.25) is 0 Å². The van der Waals surface area contributed by atoms with Crippen LogP contribution < -0.4 is 0 Å². The number of benzene rings is 16. The van der Waals surface area contributed by atoms with E-state index in [0.29, 0.717) is 11.6 Å². The molecule has 0 atom stereocenters. The molecule has 0 aliphatic carbocycles. The van der Waals surface area contributed by atoms with E-state index in [1.165, 1.54) is 54.8 Å². The van der Waals surface area contributed by atoms with Gasteiger partial charge in [-0.15, -0.1) is 11.3 Å². The van der Waals surface area contributed by atoms with Crippen molar-refractivity contribution in [1.82, 2.24) is 47.4 Å². The molecule has 0 amide bonds. The smallest absolute Gasteiger partial charge is 0.160 e. The number of hydrogen-bond acceptors (Lipinski definition) is 14. The summed E-state index contributed by atoms with van der Waals surface area (Å²) >= 11 is 4.34. The molecular weight excluding hydrogens is 1530 g/mol. The van der Waals surface area contributed by atoms with E-state index in [1.54, 1.807) is 0 Å². The van der Waals surface area contributed by atoms with Gasteiger partial charge in [0.1, 0.15) is 33.2 Å². The van der Waals surface area contributed by atoms with E-state index >= 15 is 0 Å². The third-order valence-corrected chi connectivity index (χ3v) is 25.1. The zero-order chi connectivity index (χ0) is 79.1. The van der Waals surface area contributed by atoms with E-state index in [-0.39, 0.29) is 0 Å². The SMILES string of the molecule is c1ccc(-c2nc(-c3ccc(-c4cccc5c4oc4ccccc45)cc3)cc(-c3cccc(-c4ccc5c(c4)nc(-c4ccccc4)c4ccc6nsnc6c45)c3)n2)cc1.c1ccc(-c2nc(-c3ccc(-c4cccc5c4sc4ccccc45)cc3)cc(-c3cccc(-c4ccc5c(c4)nc(-c4ccccc4)c4ccc6nsnc6c45)c3)n2)cc1. The van der Waals surface area contributed by atoms with Crippen LogP contribution in [-0.4, -0.2) is 47.4 Å². The van der Waals surface area contributed by atoms with Gasteiger partial charge in [0.2, 0.25) is 0 Å². The predicted molar refractivity (Wildman–Crippen MR) is 497 cm³/mol. The summed E-state index contributed by atoms with van der Waals surface area (Å²) in [4.78, 5) is 31.2. The van der Waals surface area contributed by atoms with Gasteiger partial charge in [0.25, 0.3) is 0 Å². The fourth-order valence-electron chi connectivity index (χ4n) is 16.9. The van der Waals surface area contributed by atoms with E-state index < -0.39 is 0 Å². The highest BCUT2D eigenvalue weighted by Crippen LogP contribution is 2.45. The maximum Gasteiger partial charge on any atom is 0.160 e. The molecule has 8 heterocycles. The van der Waals surface area contributed by atoms with Crippen molar-refractivity contribution in [2.24, 2.45) is 0 Å². The molecule has 16 aromatic carbocycles. The van der Waals surface area contributed by atoms with E-state index in [0.717, 1.165) is 199 Å². The van der Waals surface area contributed by atoms with E-state index in [4.69, 9.17) is 43.1 Å². The van der Waals surface area contributed by atoms with Crippen LogP contribution in [0.15, 0.2) is 381 Å². The molecule has 560 valence electrons. The van der Waals surface area contributed by atoms with Crippen molar-refractivity contribution in [2.75, 3.05) is 0 Å². The molecule has 24 aromatic rings. The second kappa shape index (κ2) is 29.4. The largest absolute Gasteiger partial charge is 0.455 e. The second-order valence-corrected chi connectivity index (χ2v) is 32.0. The minimum atomic E-state index is 0.669. The summed E-state index contributed by atoms with van der Waals surface area (Å²) in [6.45, 7) is 0. The third-order valence-electron chi connectivity index (χ3n) is 22.8. The molecule has 0 spiro atoms. The normalized spacial score (nSPS) is 11.7. The van der Waals surface area contributed by atoms with E-state index in [2.05, 4.69) is 312 Å². The molecule has 0 saturated heterocycles. The lowest BCUT2D eigenvalue weighted by Crippen LogP contribution is -1.96. The number of aromatic nitrogens is 10. The summed E-state index contributed by atoms with van der Waals surface area (Å²) in [5.74, 6) is 1.35. The van der Waals surface area contributed by atoms with Crippen LogP contribution in [-0.2, 0) is 0 Å². The van der Waals surface area contributed by atoms with Crippen molar-refractivity contribution < 1.29 is 4.42 Å². The van der Waals surface area contributed by atoms with Gasteiger partial charge < -0.3 is 4.42 Å². The summed E-state index contributed by atoms with van der Waals surface area (Å²) in [5, 5.41) is 11.2. The van der Waals surface area contributed by atoms with Crippen molar-refractivity contribution in [1.29, 1.82) is 0 Å². The zero-order valence-electron chi connectivity index (χ0n) is 63.9. The van der Waals surface area contributed by atoms with Crippen molar-refractivity contribution >= 4 is 142 Å². The van der Waals surface area contributed by atoms with Crippen LogP contribution in [0.1, 0.15) is 0 Å². The Morgan fingerprint density at radius 3 is 1.12 bits per heavy atom. The first-order valence-corrected chi connectivity index (χ1v) is 41.9. The number of furan rings is 1. The van der Waals surface area contributed by atoms with Crippen LogP contribution in [0.3, 0.4) is 0 Å². The summed E-state index contributed by atoms with van der Waals surface area (Å²) in [6, 6.07) is 131. The van der Waals surface area contributed by atoms with Gasteiger partial charge in [-0.05, 0) is 112 Å².